The number of hydrogen-bond acceptors (Lipinski definition) is 4. The predicted molar refractivity (Wildman–Crippen MR) is 73.0 cm³/mol. The quantitative estimate of drug-likeness (QED) is 0.822. The first-order chi connectivity index (χ1) is 8.71. The highest BCUT2D eigenvalue weighted by Crippen LogP contribution is 2.37. The molecule has 0 aliphatic rings. The molecule has 0 aromatic heterocycles. The summed E-state index contributed by atoms with van der Waals surface area (Å²) in [6.07, 6.45) is -0.982. The lowest BCUT2D eigenvalue weighted by molar-refractivity contribution is -0.160. The van der Waals surface area contributed by atoms with Crippen LogP contribution in [0, 0.1) is 19.3 Å². The van der Waals surface area contributed by atoms with Crippen LogP contribution < -0.4 is 0 Å². The van der Waals surface area contributed by atoms with E-state index in [2.05, 4.69) is 0 Å². The van der Waals surface area contributed by atoms with Gasteiger partial charge in [0.05, 0.1) is 18.1 Å². The number of esters is 1. The molecule has 1 unspecified atom stereocenters. The van der Waals surface area contributed by atoms with Gasteiger partial charge in [0.15, 0.2) is 0 Å². The Morgan fingerprint density at radius 2 is 1.79 bits per heavy atom. The molecule has 1 atom stereocenters. The number of phenolic OH excluding ortho intramolecular Hbond substituents is 1. The van der Waals surface area contributed by atoms with Crippen molar-refractivity contribution in [3.63, 3.8) is 0 Å². The van der Waals surface area contributed by atoms with Crippen molar-refractivity contribution in [1.82, 2.24) is 0 Å². The maximum Gasteiger partial charge on any atom is 0.314 e. The van der Waals surface area contributed by atoms with Crippen molar-refractivity contribution in [3.05, 3.63) is 28.8 Å². The zero-order valence-electron chi connectivity index (χ0n) is 12.2. The van der Waals surface area contributed by atoms with Crippen LogP contribution in [-0.2, 0) is 9.53 Å². The molecule has 0 spiro atoms. The smallest absolute Gasteiger partial charge is 0.314 e. The van der Waals surface area contributed by atoms with Crippen LogP contribution in [0.2, 0.25) is 0 Å². The monoisotopic (exact) mass is 266 g/mol. The van der Waals surface area contributed by atoms with Gasteiger partial charge < -0.3 is 14.9 Å². The molecule has 4 heteroatoms. The van der Waals surface area contributed by atoms with Gasteiger partial charge in [-0.15, -0.1) is 0 Å². The highest BCUT2D eigenvalue weighted by molar-refractivity contribution is 5.77. The predicted octanol–water partition coefficient (Wildman–Crippen LogP) is 2.63. The molecule has 1 rings (SSSR count). The van der Waals surface area contributed by atoms with Gasteiger partial charge >= 0.3 is 5.97 Å². The summed E-state index contributed by atoms with van der Waals surface area (Å²) in [6.45, 7) is 8.82. The number of carbonyl (C=O) groups excluding carboxylic acids is 1. The first-order valence-corrected chi connectivity index (χ1v) is 6.37. The van der Waals surface area contributed by atoms with Gasteiger partial charge in [0, 0.05) is 0 Å². The molecule has 0 aliphatic carbocycles. The number of aliphatic hydroxyl groups excluding tert-OH is 1. The van der Waals surface area contributed by atoms with Crippen molar-refractivity contribution < 1.29 is 19.7 Å². The van der Waals surface area contributed by atoms with Crippen molar-refractivity contribution >= 4 is 5.97 Å². The van der Waals surface area contributed by atoms with Crippen molar-refractivity contribution in [2.24, 2.45) is 5.41 Å². The summed E-state index contributed by atoms with van der Waals surface area (Å²) in [7, 11) is 0. The molecule has 0 heterocycles. The number of ether oxygens (including phenoxy) is 1. The van der Waals surface area contributed by atoms with Crippen molar-refractivity contribution in [2.45, 2.75) is 40.7 Å². The molecule has 1 aromatic carbocycles. The Morgan fingerprint density at radius 1 is 1.32 bits per heavy atom. The standard InChI is InChI=1S/C15H22O4/c1-6-19-14(18)15(4,5)13(17)11-7-9(2)12(16)10(3)8-11/h7-8,13,16-17H,6H2,1-5H3. The lowest BCUT2D eigenvalue weighted by atomic mass is 9.82. The highest BCUT2D eigenvalue weighted by Gasteiger charge is 2.38. The third-order valence-electron chi connectivity index (χ3n) is 3.31. The minimum absolute atomic E-state index is 0.213. The van der Waals surface area contributed by atoms with Crippen LogP contribution in [0.25, 0.3) is 0 Å². The molecular weight excluding hydrogens is 244 g/mol. The summed E-state index contributed by atoms with van der Waals surface area (Å²) in [6, 6.07) is 3.38. The number of aryl methyl sites for hydroxylation is 2. The fourth-order valence-corrected chi connectivity index (χ4v) is 1.99. The van der Waals surface area contributed by atoms with E-state index in [1.54, 1.807) is 46.8 Å². The Kier molecular flexibility index (Phi) is 4.58. The summed E-state index contributed by atoms with van der Waals surface area (Å²) in [5, 5.41) is 20.1. The topological polar surface area (TPSA) is 66.8 Å². The Balaban J connectivity index is 3.12. The first-order valence-electron chi connectivity index (χ1n) is 6.37. The minimum Gasteiger partial charge on any atom is -0.507 e. The van der Waals surface area contributed by atoms with Crippen LogP contribution in [0.3, 0.4) is 0 Å². The molecule has 0 bridgehead atoms. The van der Waals surface area contributed by atoms with Gasteiger partial charge in [0.2, 0.25) is 0 Å². The molecule has 1 aromatic rings. The molecular formula is C15H22O4. The third-order valence-corrected chi connectivity index (χ3v) is 3.31. The molecule has 0 aliphatic heterocycles. The SMILES string of the molecule is CCOC(=O)C(C)(C)C(O)c1cc(C)c(O)c(C)c1. The third kappa shape index (κ3) is 3.07. The Labute approximate surface area is 114 Å². The highest BCUT2D eigenvalue weighted by atomic mass is 16.5. The molecule has 0 radical (unpaired) electrons. The second-order valence-corrected chi connectivity index (χ2v) is 5.35. The fraction of sp³-hybridized carbons (Fsp3) is 0.533. The van der Waals surface area contributed by atoms with E-state index in [0.717, 1.165) is 0 Å². The lowest BCUT2D eigenvalue weighted by Gasteiger charge is -2.29. The van der Waals surface area contributed by atoms with E-state index in [0.29, 0.717) is 16.7 Å². The van der Waals surface area contributed by atoms with E-state index in [9.17, 15) is 15.0 Å². The average Bonchev–Trinajstić information content (AvgIpc) is 2.34. The van der Waals surface area contributed by atoms with Gasteiger partial charge in [-0.05, 0) is 63.4 Å². The van der Waals surface area contributed by atoms with Crippen LogP contribution in [0.1, 0.15) is 43.6 Å². The van der Waals surface area contributed by atoms with Gasteiger partial charge in [-0.2, -0.15) is 0 Å². The summed E-state index contributed by atoms with van der Waals surface area (Å²) in [4.78, 5) is 11.9. The van der Waals surface area contributed by atoms with E-state index in [-0.39, 0.29) is 12.4 Å². The van der Waals surface area contributed by atoms with E-state index in [1.807, 2.05) is 0 Å². The van der Waals surface area contributed by atoms with Gasteiger partial charge in [-0.1, -0.05) is 0 Å². The molecule has 4 nitrogen and oxygen atoms in total. The van der Waals surface area contributed by atoms with Crippen molar-refractivity contribution in [1.29, 1.82) is 0 Å². The van der Waals surface area contributed by atoms with Crippen LogP contribution in [0.15, 0.2) is 12.1 Å². The number of hydrogen-bond donors (Lipinski definition) is 2. The van der Waals surface area contributed by atoms with E-state index < -0.39 is 17.5 Å². The normalized spacial score (nSPS) is 13.2. The Bertz CT molecular complexity index is 454. The number of rotatable bonds is 4. The molecule has 19 heavy (non-hydrogen) atoms. The fourth-order valence-electron chi connectivity index (χ4n) is 1.99. The maximum atomic E-state index is 11.9. The van der Waals surface area contributed by atoms with E-state index >= 15 is 0 Å². The lowest BCUT2D eigenvalue weighted by Crippen LogP contribution is -2.33. The van der Waals surface area contributed by atoms with Crippen LogP contribution in [0.5, 0.6) is 5.75 Å². The zero-order chi connectivity index (χ0) is 14.8. The molecule has 0 saturated heterocycles. The number of benzene rings is 1. The van der Waals surface area contributed by atoms with Crippen LogP contribution in [0.4, 0.5) is 0 Å². The number of phenols is 1. The van der Waals surface area contributed by atoms with Crippen LogP contribution in [-0.4, -0.2) is 22.8 Å². The summed E-state index contributed by atoms with van der Waals surface area (Å²) in [5.74, 6) is -0.226. The van der Waals surface area contributed by atoms with Gasteiger partial charge in [-0.25, -0.2) is 0 Å². The Hall–Kier alpha value is -1.55. The molecule has 106 valence electrons. The summed E-state index contributed by atoms with van der Waals surface area (Å²) in [5.41, 5.74) is 0.916. The Morgan fingerprint density at radius 3 is 2.21 bits per heavy atom. The number of aliphatic hydroxyl groups is 1. The summed E-state index contributed by atoms with van der Waals surface area (Å²) < 4.78 is 4.99. The number of carbonyl (C=O) groups is 1. The summed E-state index contributed by atoms with van der Waals surface area (Å²) >= 11 is 0. The zero-order valence-corrected chi connectivity index (χ0v) is 12.2. The minimum atomic E-state index is -1.04. The maximum absolute atomic E-state index is 11.9. The second kappa shape index (κ2) is 5.61. The second-order valence-electron chi connectivity index (χ2n) is 5.35. The first kappa shape index (κ1) is 15.5. The van der Waals surface area contributed by atoms with Gasteiger partial charge in [0.1, 0.15) is 5.75 Å². The van der Waals surface area contributed by atoms with E-state index in [4.69, 9.17) is 4.74 Å². The van der Waals surface area contributed by atoms with E-state index in [1.165, 1.54) is 0 Å². The molecule has 0 saturated carbocycles. The molecule has 2 N–H and O–H groups in total. The molecule has 0 fully saturated rings. The average molecular weight is 266 g/mol. The van der Waals surface area contributed by atoms with Crippen LogP contribution >= 0.6 is 0 Å². The largest absolute Gasteiger partial charge is 0.507 e. The van der Waals surface area contributed by atoms with Crippen molar-refractivity contribution in [3.8, 4) is 5.75 Å². The van der Waals surface area contributed by atoms with Gasteiger partial charge in [0.25, 0.3) is 0 Å². The number of aromatic hydroxyl groups is 1. The van der Waals surface area contributed by atoms with Gasteiger partial charge in [-0.3, -0.25) is 4.79 Å². The molecule has 0 amide bonds. The van der Waals surface area contributed by atoms with Crippen molar-refractivity contribution in [2.75, 3.05) is 6.61 Å².